The SMILES string of the molecule is C=C/C=C(\C)NC(=C)OC(=C)C=C. The van der Waals surface area contributed by atoms with E-state index in [1.54, 1.807) is 6.08 Å². The Bertz CT molecular complexity index is 261. The highest BCUT2D eigenvalue weighted by Gasteiger charge is 1.94. The molecule has 2 heteroatoms. The Labute approximate surface area is 79.6 Å². The molecule has 0 aromatic rings. The molecule has 0 saturated heterocycles. The minimum Gasteiger partial charge on any atom is -0.442 e. The van der Waals surface area contributed by atoms with E-state index in [0.29, 0.717) is 11.6 Å². The summed E-state index contributed by atoms with van der Waals surface area (Å²) in [5, 5.41) is 2.91. The largest absolute Gasteiger partial charge is 0.442 e. The molecular weight excluding hydrogens is 162 g/mol. The predicted octanol–water partition coefficient (Wildman–Crippen LogP) is 2.85. The zero-order valence-electron chi connectivity index (χ0n) is 7.97. The molecule has 0 aliphatic carbocycles. The predicted molar refractivity (Wildman–Crippen MR) is 56.7 cm³/mol. The first-order valence-corrected chi connectivity index (χ1v) is 3.84. The molecular formula is C11H15NO. The van der Waals surface area contributed by atoms with Crippen LogP contribution in [0.5, 0.6) is 0 Å². The topological polar surface area (TPSA) is 21.3 Å². The van der Waals surface area contributed by atoms with E-state index in [9.17, 15) is 0 Å². The average Bonchev–Trinajstić information content (AvgIpc) is 2.04. The van der Waals surface area contributed by atoms with Crippen molar-refractivity contribution >= 4 is 0 Å². The molecule has 0 fully saturated rings. The van der Waals surface area contributed by atoms with Gasteiger partial charge in [0.2, 0.25) is 0 Å². The molecule has 0 spiro atoms. The summed E-state index contributed by atoms with van der Waals surface area (Å²) >= 11 is 0. The number of ether oxygens (including phenoxy) is 1. The summed E-state index contributed by atoms with van der Waals surface area (Å²) in [7, 11) is 0. The number of hydrogen-bond donors (Lipinski definition) is 1. The lowest BCUT2D eigenvalue weighted by atomic mass is 10.4. The highest BCUT2D eigenvalue weighted by Crippen LogP contribution is 2.02. The van der Waals surface area contributed by atoms with Gasteiger partial charge in [-0.25, -0.2) is 0 Å². The van der Waals surface area contributed by atoms with Crippen LogP contribution in [0.1, 0.15) is 6.92 Å². The van der Waals surface area contributed by atoms with Crippen molar-refractivity contribution in [3.8, 4) is 0 Å². The molecule has 0 aliphatic rings. The maximum Gasteiger partial charge on any atom is 0.190 e. The van der Waals surface area contributed by atoms with Crippen LogP contribution < -0.4 is 5.32 Å². The Kier molecular flexibility index (Phi) is 5.12. The molecule has 13 heavy (non-hydrogen) atoms. The van der Waals surface area contributed by atoms with Gasteiger partial charge in [0, 0.05) is 5.70 Å². The number of allylic oxidation sites excluding steroid dienone is 4. The van der Waals surface area contributed by atoms with Crippen LogP contribution in [-0.4, -0.2) is 0 Å². The summed E-state index contributed by atoms with van der Waals surface area (Å²) in [6.07, 6.45) is 5.00. The van der Waals surface area contributed by atoms with Crippen LogP contribution in [0.3, 0.4) is 0 Å². The molecule has 0 aromatic heterocycles. The van der Waals surface area contributed by atoms with E-state index < -0.39 is 0 Å². The van der Waals surface area contributed by atoms with Crippen molar-refractivity contribution in [2.75, 3.05) is 0 Å². The zero-order valence-corrected chi connectivity index (χ0v) is 7.97. The minimum absolute atomic E-state index is 0.417. The Hall–Kier alpha value is -1.70. The van der Waals surface area contributed by atoms with Gasteiger partial charge in [0.25, 0.3) is 0 Å². The van der Waals surface area contributed by atoms with Gasteiger partial charge in [-0.3, -0.25) is 0 Å². The van der Waals surface area contributed by atoms with Gasteiger partial charge in [0.05, 0.1) is 0 Å². The molecule has 0 aliphatic heterocycles. The third kappa shape index (κ3) is 5.56. The van der Waals surface area contributed by atoms with Crippen LogP contribution in [0, 0.1) is 0 Å². The van der Waals surface area contributed by atoms with Crippen LogP contribution >= 0.6 is 0 Å². The quantitative estimate of drug-likeness (QED) is 0.497. The van der Waals surface area contributed by atoms with Crippen molar-refractivity contribution in [3.63, 3.8) is 0 Å². The maximum absolute atomic E-state index is 5.12. The summed E-state index contributed by atoms with van der Waals surface area (Å²) in [6.45, 7) is 16.2. The first kappa shape index (κ1) is 11.3. The molecule has 0 amide bonds. The molecule has 1 N–H and O–H groups in total. The number of nitrogens with one attached hydrogen (secondary N) is 1. The average molecular weight is 177 g/mol. The lowest BCUT2D eigenvalue weighted by Gasteiger charge is -2.10. The van der Waals surface area contributed by atoms with Crippen molar-refractivity contribution in [1.29, 1.82) is 0 Å². The molecule has 0 radical (unpaired) electrons. The number of rotatable bonds is 6. The van der Waals surface area contributed by atoms with Crippen molar-refractivity contribution in [3.05, 3.63) is 61.9 Å². The fourth-order valence-corrected chi connectivity index (χ4v) is 0.664. The van der Waals surface area contributed by atoms with Gasteiger partial charge in [0.1, 0.15) is 5.76 Å². The molecule has 0 bridgehead atoms. The van der Waals surface area contributed by atoms with Gasteiger partial charge >= 0.3 is 0 Å². The second kappa shape index (κ2) is 5.89. The van der Waals surface area contributed by atoms with Crippen molar-refractivity contribution < 1.29 is 4.74 Å². The van der Waals surface area contributed by atoms with Gasteiger partial charge in [-0.1, -0.05) is 25.8 Å². The van der Waals surface area contributed by atoms with Crippen LogP contribution in [0.25, 0.3) is 0 Å². The molecule has 70 valence electrons. The van der Waals surface area contributed by atoms with Crippen LogP contribution in [0.15, 0.2) is 61.9 Å². The number of hydrogen-bond acceptors (Lipinski definition) is 2. The summed E-state index contributed by atoms with van der Waals surface area (Å²) in [6, 6.07) is 0. The van der Waals surface area contributed by atoms with E-state index in [4.69, 9.17) is 4.74 Å². The van der Waals surface area contributed by atoms with Crippen LogP contribution in [0.4, 0.5) is 0 Å². The Morgan fingerprint density at radius 2 is 1.92 bits per heavy atom. The highest BCUT2D eigenvalue weighted by molar-refractivity contribution is 5.12. The second-order valence-electron chi connectivity index (χ2n) is 2.41. The van der Waals surface area contributed by atoms with E-state index in [2.05, 4.69) is 31.6 Å². The second-order valence-corrected chi connectivity index (χ2v) is 2.41. The monoisotopic (exact) mass is 177 g/mol. The van der Waals surface area contributed by atoms with Crippen molar-refractivity contribution in [2.45, 2.75) is 6.92 Å². The first-order valence-electron chi connectivity index (χ1n) is 3.84. The third-order valence-corrected chi connectivity index (χ3v) is 1.19. The van der Waals surface area contributed by atoms with E-state index in [-0.39, 0.29) is 0 Å². The smallest absolute Gasteiger partial charge is 0.190 e. The molecule has 0 aromatic carbocycles. The Balaban J connectivity index is 4.01. The molecule has 0 atom stereocenters. The van der Waals surface area contributed by atoms with E-state index in [0.717, 1.165) is 5.70 Å². The Morgan fingerprint density at radius 1 is 1.31 bits per heavy atom. The summed E-state index contributed by atoms with van der Waals surface area (Å²) in [5.41, 5.74) is 0.900. The van der Waals surface area contributed by atoms with Crippen molar-refractivity contribution in [2.24, 2.45) is 0 Å². The van der Waals surface area contributed by atoms with Gasteiger partial charge in [-0.2, -0.15) is 0 Å². The standard InChI is InChI=1S/C11H15NO/c1-6-8-9(3)12-11(5)13-10(4)7-2/h6-8,12H,1-2,4-5H2,3H3/b9-8+. The summed E-state index contributed by atoms with van der Waals surface area (Å²) in [4.78, 5) is 0. The highest BCUT2D eigenvalue weighted by atomic mass is 16.5. The van der Waals surface area contributed by atoms with E-state index >= 15 is 0 Å². The molecule has 0 rings (SSSR count). The lowest BCUT2D eigenvalue weighted by molar-refractivity contribution is 0.300. The fraction of sp³-hybridized carbons (Fsp3) is 0.0909. The third-order valence-electron chi connectivity index (χ3n) is 1.19. The van der Waals surface area contributed by atoms with Crippen LogP contribution in [0.2, 0.25) is 0 Å². The summed E-state index contributed by atoms with van der Waals surface area (Å²) < 4.78 is 5.12. The molecule has 0 saturated carbocycles. The fourth-order valence-electron chi connectivity index (χ4n) is 0.664. The van der Waals surface area contributed by atoms with Crippen molar-refractivity contribution in [1.82, 2.24) is 5.32 Å². The normalized spacial score (nSPS) is 10.1. The first-order chi connectivity index (χ1) is 6.10. The molecule has 0 unspecified atom stereocenters. The van der Waals surface area contributed by atoms with Crippen LogP contribution in [-0.2, 0) is 4.74 Å². The van der Waals surface area contributed by atoms with Gasteiger partial charge < -0.3 is 10.1 Å². The van der Waals surface area contributed by atoms with E-state index in [1.807, 2.05) is 13.0 Å². The minimum atomic E-state index is 0.417. The molecule has 0 heterocycles. The lowest BCUT2D eigenvalue weighted by Crippen LogP contribution is -2.11. The van der Waals surface area contributed by atoms with Gasteiger partial charge in [-0.15, -0.1) is 0 Å². The maximum atomic E-state index is 5.12. The zero-order chi connectivity index (χ0) is 10.3. The summed E-state index contributed by atoms with van der Waals surface area (Å²) in [5.74, 6) is 0.879. The van der Waals surface area contributed by atoms with Gasteiger partial charge in [-0.05, 0) is 25.7 Å². The van der Waals surface area contributed by atoms with Gasteiger partial charge in [0.15, 0.2) is 5.88 Å². The Morgan fingerprint density at radius 3 is 2.38 bits per heavy atom. The van der Waals surface area contributed by atoms with E-state index in [1.165, 1.54) is 6.08 Å². The molecule has 2 nitrogen and oxygen atoms in total.